The molecule has 29 nitrogen and oxygen atoms in total. The Morgan fingerprint density at radius 2 is 1.28 bits per heavy atom. The van der Waals surface area contributed by atoms with Crippen molar-refractivity contribution in [2.45, 2.75) is 207 Å². The summed E-state index contributed by atoms with van der Waals surface area (Å²) in [5, 5.41) is 57.9. The van der Waals surface area contributed by atoms with Gasteiger partial charge in [-0.1, -0.05) is 91.7 Å². The number of aromatic nitrogens is 2. The number of nitrogens with two attached hydrogens (primary N) is 3. The van der Waals surface area contributed by atoms with Gasteiger partial charge in [-0.15, -0.1) is 0 Å². The molecule has 0 aliphatic heterocycles. The highest BCUT2D eigenvalue weighted by Gasteiger charge is 2.44. The Balaban J connectivity index is 1.34. The number of primary amides is 2. The Bertz CT molecular complexity index is 4000. The van der Waals surface area contributed by atoms with Crippen molar-refractivity contribution in [1.82, 2.24) is 41.9 Å². The molecular formula is C80H108FN11O18. The molecule has 0 bridgehead atoms. The minimum atomic E-state index is -2.11. The summed E-state index contributed by atoms with van der Waals surface area (Å²) in [6.07, 6.45) is -3.15. The van der Waals surface area contributed by atoms with Crippen LogP contribution in [0.25, 0.3) is 11.1 Å². The molecule has 0 spiro atoms. The van der Waals surface area contributed by atoms with Gasteiger partial charge in [0, 0.05) is 69.3 Å². The second kappa shape index (κ2) is 43.7. The second-order valence-electron chi connectivity index (χ2n) is 29.0. The van der Waals surface area contributed by atoms with E-state index in [9.17, 15) is 82.8 Å². The van der Waals surface area contributed by atoms with Gasteiger partial charge < -0.3 is 79.2 Å². The van der Waals surface area contributed by atoms with E-state index in [0.717, 1.165) is 66.1 Å². The molecule has 8 amide bonds. The maximum atomic E-state index is 15.5. The van der Waals surface area contributed by atoms with Gasteiger partial charge in [0.15, 0.2) is 23.1 Å². The first-order valence-corrected chi connectivity index (χ1v) is 37.0. The predicted molar refractivity (Wildman–Crippen MR) is 405 cm³/mol. The maximum Gasteiger partial charge on any atom is 0.305 e. The number of carboxylic acids is 1. The number of carboxylic acid groups (broad SMARTS) is 1. The SMILES string of the molecule is CCc1cc(OCCCCN)ccc1-c1ccc(C[C@H](CC(=O)[C@H](CC(=O)O)NC(=O)[C@H](CO)CC(=O)[C@@H](NC(=O)[C@@](C)(CC(=O)[C@@H](NC(=O)CCC(=O)[C@H](CCC(N)=O)NC(=O)C(C)(C)C(=O)NCCc2cnc[nH]2)[C@@H](C)O)Cc2ccccc2F)[C@@H](C)O)C(=O)N[C@@H](CCCc2cc(C)cc(C)c2)C(N)=O)cc1. The summed E-state index contributed by atoms with van der Waals surface area (Å²) in [4.78, 5) is 185. The molecule has 0 aliphatic rings. The molecule has 0 radical (unpaired) electrons. The molecule has 0 fully saturated rings. The lowest BCUT2D eigenvalue weighted by Crippen LogP contribution is -2.55. The fourth-order valence-corrected chi connectivity index (χ4v) is 12.7. The van der Waals surface area contributed by atoms with E-state index in [-0.39, 0.29) is 37.8 Å². The van der Waals surface area contributed by atoms with E-state index in [1.807, 2.05) is 69.3 Å². The molecule has 0 saturated carbocycles. The number of hydrogen-bond acceptors (Lipinski definition) is 19. The molecule has 0 unspecified atom stereocenters. The van der Waals surface area contributed by atoms with Gasteiger partial charge in [0.1, 0.15) is 35.1 Å². The number of aromatic amines is 1. The van der Waals surface area contributed by atoms with Crippen LogP contribution in [0.4, 0.5) is 4.39 Å². The number of halogens is 1. The number of carbonyl (C=O) groups is 13. The Hall–Kier alpha value is -10.4. The van der Waals surface area contributed by atoms with Gasteiger partial charge in [-0.2, -0.15) is 0 Å². The van der Waals surface area contributed by atoms with Crippen LogP contribution in [0, 0.1) is 42.3 Å². The first-order chi connectivity index (χ1) is 52.0. The number of benzene rings is 4. The first kappa shape index (κ1) is 90.2. The van der Waals surface area contributed by atoms with Gasteiger partial charge in [0.05, 0.1) is 61.6 Å². The number of Topliss-reactive ketones (excluding diaryl/α,β-unsaturated/α-hetero) is 4. The van der Waals surface area contributed by atoms with Crippen LogP contribution in [-0.2, 0) is 94.4 Å². The molecule has 0 saturated heterocycles. The van der Waals surface area contributed by atoms with Crippen LogP contribution in [0.1, 0.15) is 158 Å². The fraction of sp³-hybridized carbons (Fsp3) is 0.500. The van der Waals surface area contributed by atoms with Crippen LogP contribution < -0.4 is 53.8 Å². The van der Waals surface area contributed by atoms with E-state index < -0.39 is 199 Å². The lowest BCUT2D eigenvalue weighted by molar-refractivity contribution is -0.143. The summed E-state index contributed by atoms with van der Waals surface area (Å²) in [6.45, 7) is 12.0. The zero-order valence-corrected chi connectivity index (χ0v) is 63.8. The zero-order chi connectivity index (χ0) is 81.6. The van der Waals surface area contributed by atoms with Crippen molar-refractivity contribution in [3.05, 3.63) is 142 Å². The van der Waals surface area contributed by atoms with Crippen LogP contribution >= 0.6 is 0 Å². The number of nitrogens with zero attached hydrogens (tertiary/aromatic N) is 1. The van der Waals surface area contributed by atoms with Crippen LogP contribution in [0.15, 0.2) is 97.5 Å². The lowest BCUT2D eigenvalue weighted by Gasteiger charge is -2.33. The number of aliphatic hydroxyl groups is 3. The minimum Gasteiger partial charge on any atom is -0.494 e. The number of imidazole rings is 1. The van der Waals surface area contributed by atoms with E-state index in [4.69, 9.17) is 21.9 Å². The summed E-state index contributed by atoms with van der Waals surface area (Å²) < 4.78 is 21.5. The zero-order valence-electron chi connectivity index (χ0n) is 63.8. The summed E-state index contributed by atoms with van der Waals surface area (Å²) in [6, 6.07) is 15.8. The molecule has 598 valence electrons. The minimum absolute atomic E-state index is 0.114. The largest absolute Gasteiger partial charge is 0.494 e. The van der Waals surface area contributed by atoms with Gasteiger partial charge in [-0.3, -0.25) is 62.3 Å². The molecule has 110 heavy (non-hydrogen) atoms. The lowest BCUT2D eigenvalue weighted by atomic mass is 9.76. The van der Waals surface area contributed by atoms with Crippen molar-refractivity contribution < 1.29 is 91.9 Å². The van der Waals surface area contributed by atoms with Crippen molar-refractivity contribution in [1.29, 1.82) is 0 Å². The summed E-state index contributed by atoms with van der Waals surface area (Å²) in [5.41, 5.74) is 20.0. The summed E-state index contributed by atoms with van der Waals surface area (Å²) in [5.74, 6) is -16.2. The molecular weight excluding hydrogens is 1420 g/mol. The number of amides is 8. The highest BCUT2D eigenvalue weighted by atomic mass is 19.1. The van der Waals surface area contributed by atoms with Crippen molar-refractivity contribution in [3.63, 3.8) is 0 Å². The maximum absolute atomic E-state index is 15.5. The highest BCUT2D eigenvalue weighted by molar-refractivity contribution is 6.06. The smallest absolute Gasteiger partial charge is 0.305 e. The van der Waals surface area contributed by atoms with E-state index in [2.05, 4.69) is 41.9 Å². The van der Waals surface area contributed by atoms with Crippen LogP contribution in [0.5, 0.6) is 5.75 Å². The summed E-state index contributed by atoms with van der Waals surface area (Å²) >= 11 is 0. The third-order valence-corrected chi connectivity index (χ3v) is 19.2. The van der Waals surface area contributed by atoms with E-state index in [0.29, 0.717) is 55.8 Å². The number of unbranched alkanes of at least 4 members (excludes halogenated alkanes) is 1. The molecule has 10 atom stereocenters. The number of carbonyl (C=O) groups excluding carboxylic acids is 12. The number of ketones is 4. The first-order valence-electron chi connectivity index (χ1n) is 37.0. The van der Waals surface area contributed by atoms with Crippen LogP contribution in [0.2, 0.25) is 0 Å². The topological polar surface area (TPSA) is 491 Å². The predicted octanol–water partition coefficient (Wildman–Crippen LogP) is 3.57. The number of hydrogen-bond donors (Lipinski definition) is 14. The average Bonchev–Trinajstić information content (AvgIpc) is 0.850. The number of ether oxygens (including phenoxy) is 1. The standard InChI is InChI=1S/C80H108FN11O18/c1-9-52-37-58(110-32-13-12-30-82)23-24-59(52)53-21-19-50(20-22-53)36-55(74(105)88-62(73(84)104)18-14-15-51-34-46(2)33-47(3)35-51)38-65(97)63(40-70(102)103)89-75(106)56(44-93)39-66(98)71(48(4)94)92-78(109)80(8,41-54-16-10-11-17-60(54)81)42-67(99)72(49(5)95)91-69(101)28-26-64(96)61(25-27-68(83)100)90-77(108)79(6,7)76(107)86-31-29-57-43-85-45-87-57/h10-11,16-17,19-24,33-35,37,43,45,48-49,55-56,61-63,71-72,93-95H,9,12-15,18,25-32,36,38-42,44,82H2,1-8H3,(H2,83,100)(H2,84,104)(H,85,87)(H,86,107)(H,88,105)(H,89,106)(H,90,108)(H,91,101)(H,92,109)(H,102,103)/t48-,49-,55-,56+,61+,62+,63+,71+,72+,80-/m1/s1. The third kappa shape index (κ3) is 28.5. The molecule has 1 heterocycles. The Morgan fingerprint density at radius 1 is 0.636 bits per heavy atom. The van der Waals surface area contributed by atoms with Crippen LogP contribution in [0.3, 0.4) is 0 Å². The Labute approximate surface area is 639 Å². The normalized spacial score (nSPS) is 14.4. The van der Waals surface area contributed by atoms with Crippen LogP contribution in [-0.4, -0.2) is 175 Å². The molecule has 0 aliphatic carbocycles. The van der Waals surface area contributed by atoms with Crippen molar-refractivity contribution in [3.8, 4) is 16.9 Å². The van der Waals surface area contributed by atoms with E-state index in [1.165, 1.54) is 45.3 Å². The Morgan fingerprint density at radius 3 is 1.88 bits per heavy atom. The van der Waals surface area contributed by atoms with Crippen molar-refractivity contribution in [2.75, 3.05) is 26.3 Å². The van der Waals surface area contributed by atoms with Gasteiger partial charge >= 0.3 is 5.97 Å². The quantitative estimate of drug-likeness (QED) is 0.0195. The van der Waals surface area contributed by atoms with Gasteiger partial charge in [-0.05, 0) is 157 Å². The van der Waals surface area contributed by atoms with Gasteiger partial charge in [0.25, 0.3) is 0 Å². The van der Waals surface area contributed by atoms with E-state index in [1.54, 1.807) is 18.3 Å². The number of rotatable bonds is 50. The number of aliphatic hydroxyl groups excluding tert-OH is 3. The second-order valence-corrected chi connectivity index (χ2v) is 29.0. The number of nitrogens with one attached hydrogen (secondary N) is 7. The third-order valence-electron chi connectivity index (χ3n) is 19.2. The number of H-pyrrole nitrogens is 1. The molecule has 1 aromatic heterocycles. The summed E-state index contributed by atoms with van der Waals surface area (Å²) in [7, 11) is 0. The molecule has 4 aromatic carbocycles. The molecule has 30 heteroatoms. The fourth-order valence-electron chi connectivity index (χ4n) is 12.7. The number of aryl methyl sites for hydroxylation is 4. The molecule has 5 rings (SSSR count). The average molecular weight is 1530 g/mol. The van der Waals surface area contributed by atoms with E-state index >= 15 is 4.39 Å². The van der Waals surface area contributed by atoms with Gasteiger partial charge in [-0.25, -0.2) is 9.37 Å². The Kier molecular flexibility index (Phi) is 35.8. The monoisotopic (exact) mass is 1530 g/mol. The van der Waals surface area contributed by atoms with Crippen molar-refractivity contribution in [2.24, 2.45) is 39.9 Å². The van der Waals surface area contributed by atoms with Gasteiger partial charge in [0.2, 0.25) is 47.3 Å². The molecule has 5 aromatic rings. The number of aliphatic carboxylic acids is 1. The highest BCUT2D eigenvalue weighted by Crippen LogP contribution is 2.33. The van der Waals surface area contributed by atoms with Crippen molar-refractivity contribution >= 4 is 76.4 Å². The molecule has 17 N–H and O–H groups in total.